The van der Waals surface area contributed by atoms with Crippen LogP contribution in [0.5, 0.6) is 0 Å². The van der Waals surface area contributed by atoms with Gasteiger partial charge in [0.25, 0.3) is 0 Å². The van der Waals surface area contributed by atoms with Gasteiger partial charge in [-0.3, -0.25) is 0 Å². The monoisotopic (exact) mass is 363 g/mol. The molecule has 6 heteroatoms. The summed E-state index contributed by atoms with van der Waals surface area (Å²) in [6.07, 6.45) is 0.729. The van der Waals surface area contributed by atoms with E-state index in [-0.39, 0.29) is 23.5 Å². The number of aliphatic hydroxyl groups is 1. The van der Waals surface area contributed by atoms with Crippen molar-refractivity contribution < 1.29 is 13.5 Å². The molecule has 0 spiro atoms. The fourth-order valence-corrected chi connectivity index (χ4v) is 4.59. The smallest absolute Gasteiger partial charge is 0.241 e. The van der Waals surface area contributed by atoms with Crippen molar-refractivity contribution in [2.45, 2.75) is 51.7 Å². The molecule has 1 aromatic rings. The Kier molecular flexibility index (Phi) is 6.19. The number of aliphatic hydroxyl groups excluding tert-OH is 1. The molecule has 0 aliphatic carbocycles. The Hall–Kier alpha value is -0.430. The predicted octanol–water partition coefficient (Wildman–Crippen LogP) is 2.96. The summed E-state index contributed by atoms with van der Waals surface area (Å²) in [6, 6.07) is 3.17. The zero-order chi connectivity index (χ0) is 15.5. The van der Waals surface area contributed by atoms with Crippen LogP contribution in [0.1, 0.15) is 38.3 Å². The van der Waals surface area contributed by atoms with Crippen molar-refractivity contribution in [3.05, 3.63) is 27.7 Å². The number of hydrogen-bond acceptors (Lipinski definition) is 3. The number of nitrogens with one attached hydrogen (secondary N) is 1. The van der Waals surface area contributed by atoms with Gasteiger partial charge in [-0.1, -0.05) is 26.8 Å². The second-order valence-corrected chi connectivity index (χ2v) is 7.74. The molecular formula is C14H22BrNO3S. The highest BCUT2D eigenvalue weighted by Crippen LogP contribution is 2.28. The molecule has 0 heterocycles. The third-order valence-electron chi connectivity index (χ3n) is 3.30. The van der Waals surface area contributed by atoms with Crippen molar-refractivity contribution in [3.63, 3.8) is 0 Å². The lowest BCUT2D eigenvalue weighted by Crippen LogP contribution is -2.38. The van der Waals surface area contributed by atoms with Crippen LogP contribution in [-0.2, 0) is 16.6 Å². The van der Waals surface area contributed by atoms with Gasteiger partial charge in [0.05, 0.1) is 11.5 Å². The Bertz CT molecular complexity index is 570. The van der Waals surface area contributed by atoms with E-state index >= 15 is 0 Å². The molecule has 0 aliphatic rings. The minimum Gasteiger partial charge on any atom is -0.392 e. The number of sulfonamides is 1. The first-order valence-electron chi connectivity index (χ1n) is 6.65. The molecule has 0 amide bonds. The average molecular weight is 364 g/mol. The molecule has 1 rings (SSSR count). The van der Waals surface area contributed by atoms with Crippen LogP contribution in [-0.4, -0.2) is 19.6 Å². The highest BCUT2D eigenvalue weighted by molar-refractivity contribution is 9.10. The maximum atomic E-state index is 12.5. The number of halogens is 1. The molecule has 114 valence electrons. The van der Waals surface area contributed by atoms with Crippen molar-refractivity contribution in [2.75, 3.05) is 0 Å². The van der Waals surface area contributed by atoms with Gasteiger partial charge in [0, 0.05) is 10.5 Å². The zero-order valence-corrected chi connectivity index (χ0v) is 14.7. The van der Waals surface area contributed by atoms with Crippen molar-refractivity contribution in [2.24, 2.45) is 5.92 Å². The van der Waals surface area contributed by atoms with Crippen LogP contribution < -0.4 is 4.72 Å². The molecule has 20 heavy (non-hydrogen) atoms. The van der Waals surface area contributed by atoms with Gasteiger partial charge in [-0.2, -0.15) is 0 Å². The van der Waals surface area contributed by atoms with Crippen LogP contribution in [0.4, 0.5) is 0 Å². The molecule has 1 aromatic carbocycles. The van der Waals surface area contributed by atoms with Crippen LogP contribution in [0.25, 0.3) is 0 Å². The van der Waals surface area contributed by atoms with Gasteiger partial charge < -0.3 is 5.11 Å². The number of hydrogen-bond donors (Lipinski definition) is 2. The van der Waals surface area contributed by atoms with Crippen LogP contribution in [0, 0.1) is 12.8 Å². The minimum atomic E-state index is -3.61. The van der Waals surface area contributed by atoms with Crippen molar-refractivity contribution in [1.82, 2.24) is 4.72 Å². The summed E-state index contributed by atoms with van der Waals surface area (Å²) in [6.45, 7) is 7.56. The van der Waals surface area contributed by atoms with Gasteiger partial charge in [-0.05, 0) is 52.4 Å². The average Bonchev–Trinajstić information content (AvgIpc) is 2.38. The highest BCUT2D eigenvalue weighted by Gasteiger charge is 2.24. The first kappa shape index (κ1) is 17.6. The molecule has 0 bridgehead atoms. The standard InChI is InChI=1S/C14H22BrNO3S/c1-5-12(9(2)3)16-20(18,19)13-7-11(8-17)6-10(4)14(13)15/h6-7,9,12,16-17H,5,8H2,1-4H3. The number of aryl methyl sites for hydroxylation is 1. The Labute approximate surface area is 129 Å². The van der Waals surface area contributed by atoms with Crippen molar-refractivity contribution in [1.29, 1.82) is 0 Å². The SMILES string of the molecule is CCC(NS(=O)(=O)c1cc(CO)cc(C)c1Br)C(C)C. The number of benzene rings is 1. The molecule has 0 radical (unpaired) electrons. The lowest BCUT2D eigenvalue weighted by atomic mass is 10.0. The van der Waals surface area contributed by atoms with Crippen molar-refractivity contribution >= 4 is 26.0 Å². The molecule has 0 saturated heterocycles. The first-order valence-corrected chi connectivity index (χ1v) is 8.92. The summed E-state index contributed by atoms with van der Waals surface area (Å²) < 4.78 is 28.3. The number of rotatable bonds is 6. The summed E-state index contributed by atoms with van der Waals surface area (Å²) in [5, 5.41) is 9.23. The molecule has 1 atom stereocenters. The second kappa shape index (κ2) is 7.02. The van der Waals surface area contributed by atoms with Crippen LogP contribution >= 0.6 is 15.9 Å². The minimum absolute atomic E-state index is 0.106. The van der Waals surface area contributed by atoms with E-state index < -0.39 is 10.0 Å². The Morgan fingerprint density at radius 2 is 1.95 bits per heavy atom. The third-order valence-corrected chi connectivity index (χ3v) is 6.13. The van der Waals surface area contributed by atoms with Gasteiger partial charge >= 0.3 is 0 Å². The lowest BCUT2D eigenvalue weighted by molar-refractivity contribution is 0.281. The quantitative estimate of drug-likeness (QED) is 0.816. The predicted molar refractivity (Wildman–Crippen MR) is 84.0 cm³/mol. The Morgan fingerprint density at radius 1 is 1.35 bits per heavy atom. The summed E-state index contributed by atoms with van der Waals surface area (Å²) in [4.78, 5) is 0.181. The first-order chi connectivity index (χ1) is 9.22. The topological polar surface area (TPSA) is 66.4 Å². The highest BCUT2D eigenvalue weighted by atomic mass is 79.9. The second-order valence-electron chi connectivity index (χ2n) is 5.26. The summed E-state index contributed by atoms with van der Waals surface area (Å²) >= 11 is 3.33. The van der Waals surface area contributed by atoms with Crippen LogP contribution in [0.15, 0.2) is 21.5 Å². The van der Waals surface area contributed by atoms with Gasteiger partial charge in [0.15, 0.2) is 0 Å². The molecule has 2 N–H and O–H groups in total. The lowest BCUT2D eigenvalue weighted by Gasteiger charge is -2.21. The van der Waals surface area contributed by atoms with Crippen LogP contribution in [0.2, 0.25) is 0 Å². The normalized spacial score (nSPS) is 13.8. The van der Waals surface area contributed by atoms with Crippen molar-refractivity contribution in [3.8, 4) is 0 Å². The van der Waals surface area contributed by atoms with Gasteiger partial charge in [-0.15, -0.1) is 0 Å². The van der Waals surface area contributed by atoms with Crippen LogP contribution in [0.3, 0.4) is 0 Å². The van der Waals surface area contributed by atoms with E-state index in [0.29, 0.717) is 10.0 Å². The maximum absolute atomic E-state index is 12.5. The Morgan fingerprint density at radius 3 is 2.40 bits per heavy atom. The van der Waals surface area contributed by atoms with E-state index in [4.69, 9.17) is 0 Å². The van der Waals surface area contributed by atoms with Gasteiger partial charge in [-0.25, -0.2) is 13.1 Å². The molecule has 1 unspecified atom stereocenters. The van der Waals surface area contributed by atoms with E-state index in [1.807, 2.05) is 27.7 Å². The molecule has 0 fully saturated rings. The zero-order valence-electron chi connectivity index (χ0n) is 12.3. The fraction of sp³-hybridized carbons (Fsp3) is 0.571. The summed E-state index contributed by atoms with van der Waals surface area (Å²) in [5.41, 5.74) is 1.37. The van der Waals surface area contributed by atoms with Gasteiger partial charge in [0.2, 0.25) is 10.0 Å². The fourth-order valence-electron chi connectivity index (χ4n) is 2.05. The van der Waals surface area contributed by atoms with E-state index in [0.717, 1.165) is 12.0 Å². The van der Waals surface area contributed by atoms with E-state index in [2.05, 4.69) is 20.7 Å². The molecular weight excluding hydrogens is 342 g/mol. The molecule has 4 nitrogen and oxygen atoms in total. The third kappa shape index (κ3) is 4.04. The molecule has 0 saturated carbocycles. The van der Waals surface area contributed by atoms with Gasteiger partial charge in [0.1, 0.15) is 0 Å². The van der Waals surface area contributed by atoms with E-state index in [1.54, 1.807) is 6.07 Å². The molecule has 0 aliphatic heterocycles. The largest absolute Gasteiger partial charge is 0.392 e. The maximum Gasteiger partial charge on any atom is 0.241 e. The molecule has 0 aromatic heterocycles. The Balaban J connectivity index is 3.25. The summed E-state index contributed by atoms with van der Waals surface area (Å²) in [5.74, 6) is 0.218. The van der Waals surface area contributed by atoms with E-state index in [1.165, 1.54) is 6.07 Å². The summed E-state index contributed by atoms with van der Waals surface area (Å²) in [7, 11) is -3.61. The van der Waals surface area contributed by atoms with E-state index in [9.17, 15) is 13.5 Å².